The van der Waals surface area contributed by atoms with E-state index in [9.17, 15) is 5.11 Å². The van der Waals surface area contributed by atoms with Crippen LogP contribution < -0.4 is 0 Å². The Morgan fingerprint density at radius 2 is 2.33 bits per heavy atom. The lowest BCUT2D eigenvalue weighted by Crippen LogP contribution is -2.26. The number of aliphatic hydroxyl groups is 1. The molecule has 1 saturated heterocycles. The van der Waals surface area contributed by atoms with E-state index in [4.69, 9.17) is 24.9 Å². The lowest BCUT2D eigenvalue weighted by molar-refractivity contribution is 0.00414. The molecule has 6 nitrogen and oxygen atoms in total. The predicted molar refractivity (Wildman–Crippen MR) is 79.3 cm³/mol. The van der Waals surface area contributed by atoms with Gasteiger partial charge in [-0.3, -0.25) is 0 Å². The van der Waals surface area contributed by atoms with Crippen molar-refractivity contribution in [2.45, 2.75) is 31.5 Å². The second-order valence-electron chi connectivity index (χ2n) is 4.15. The Morgan fingerprint density at radius 3 is 3.05 bits per heavy atom. The third kappa shape index (κ3) is 7.68. The second-order valence-corrected chi connectivity index (χ2v) is 5.33. The van der Waals surface area contributed by atoms with Crippen LogP contribution in [0.15, 0.2) is 24.8 Å². The number of allylic oxidation sites excluding steroid dienone is 2. The molecule has 1 fully saturated rings. The summed E-state index contributed by atoms with van der Waals surface area (Å²) in [5.74, 6) is 0. The molecular weight excluding hydrogens is 293 g/mol. The Labute approximate surface area is 128 Å². The summed E-state index contributed by atoms with van der Waals surface area (Å²) in [6.45, 7) is 3.27. The largest absolute Gasteiger partial charge is 0.394 e. The molecule has 4 atom stereocenters. The van der Waals surface area contributed by atoms with Crippen LogP contribution in [0.2, 0.25) is 0 Å². The van der Waals surface area contributed by atoms with E-state index in [1.54, 1.807) is 6.08 Å². The number of hydrogen-bond donors (Lipinski definition) is 1. The molecule has 4 unspecified atom stereocenters. The molecule has 0 spiro atoms. The van der Waals surface area contributed by atoms with Gasteiger partial charge in [-0.05, 0) is 6.42 Å². The molecule has 0 aromatic heterocycles. The Balaban J connectivity index is 2.44. The summed E-state index contributed by atoms with van der Waals surface area (Å²) >= 11 is 0. The molecule has 7 heteroatoms. The molecule has 0 saturated carbocycles. The number of nitriles is 1. The van der Waals surface area contributed by atoms with Gasteiger partial charge in [0.2, 0.25) is 0 Å². The van der Waals surface area contributed by atoms with Gasteiger partial charge in [0.1, 0.15) is 6.10 Å². The monoisotopic (exact) mass is 317 g/mol. The second kappa shape index (κ2) is 11.8. The van der Waals surface area contributed by atoms with Crippen molar-refractivity contribution in [3.63, 3.8) is 0 Å². The first-order valence-electron chi connectivity index (χ1n) is 7.34. The number of hydrogen-bond acceptors (Lipinski definition) is 6. The van der Waals surface area contributed by atoms with Gasteiger partial charge in [-0.2, -0.15) is 5.26 Å². The third-order valence-corrected chi connectivity index (χ3v) is 3.81. The molecule has 1 rings (SSSR count). The Bertz CT molecular complexity index is 390. The van der Waals surface area contributed by atoms with Crippen molar-refractivity contribution in [3.05, 3.63) is 24.8 Å². The van der Waals surface area contributed by atoms with Crippen molar-refractivity contribution >= 4 is 8.60 Å². The lowest BCUT2D eigenvalue weighted by atomic mass is 10.2. The van der Waals surface area contributed by atoms with Gasteiger partial charge in [0, 0.05) is 13.0 Å². The minimum atomic E-state index is -1.64. The number of rotatable bonds is 11. The molecule has 0 aliphatic carbocycles. The van der Waals surface area contributed by atoms with Crippen LogP contribution in [-0.2, 0) is 18.3 Å². The van der Waals surface area contributed by atoms with Crippen molar-refractivity contribution < 1.29 is 24.8 Å². The molecule has 0 amide bonds. The van der Waals surface area contributed by atoms with Crippen LogP contribution in [0.3, 0.4) is 0 Å². The first-order chi connectivity index (χ1) is 10.7. The fourth-order valence-electron chi connectivity index (χ4n) is 1.55. The highest BCUT2D eigenvalue weighted by Gasteiger charge is 2.32. The molecular formula is C14H22NO5P. The molecule has 0 radical (unpaired) electrons. The van der Waals surface area contributed by atoms with Crippen molar-refractivity contribution in [1.82, 2.24) is 0 Å². The maximum absolute atomic E-state index is 9.23. The zero-order chi connectivity index (χ0) is 16.2. The van der Waals surface area contributed by atoms with Gasteiger partial charge >= 0.3 is 8.60 Å². The summed E-state index contributed by atoms with van der Waals surface area (Å²) < 4.78 is 29.5. The summed E-state index contributed by atoms with van der Waals surface area (Å²) in [6.07, 6.45) is 5.70. The topological polar surface area (TPSA) is 80.9 Å². The maximum atomic E-state index is 9.23. The van der Waals surface area contributed by atoms with Gasteiger partial charge in [-0.1, -0.05) is 24.8 Å². The van der Waals surface area contributed by atoms with Crippen molar-refractivity contribution in [2.24, 2.45) is 0 Å². The SMILES string of the molecule is [3H]C1CC(OP(OCCC#N)OCC/C=C/C=C)C(CO)O1. The lowest BCUT2D eigenvalue weighted by Gasteiger charge is -2.22. The third-order valence-electron chi connectivity index (χ3n) is 2.58. The van der Waals surface area contributed by atoms with E-state index >= 15 is 0 Å². The standard InChI is InChI=1S/C14H22NO5P/c1-2-3-4-5-9-18-21(19-10-6-8-15)20-13-7-11-17-14(13)12-16/h2-4,13-14,16H,1,5-7,9-12H2/b4-3+/i11T. The average Bonchev–Trinajstić information content (AvgIpc) is 2.86. The van der Waals surface area contributed by atoms with Gasteiger partial charge in [0.15, 0.2) is 0 Å². The first-order valence-corrected chi connectivity index (χ1v) is 7.86. The molecule has 118 valence electrons. The van der Waals surface area contributed by atoms with E-state index in [0.29, 0.717) is 19.4 Å². The molecule has 1 aliphatic rings. The number of ether oxygens (including phenoxy) is 1. The molecule has 1 N–H and O–H groups in total. The maximum Gasteiger partial charge on any atom is 0.333 e. The summed E-state index contributed by atoms with van der Waals surface area (Å²) in [4.78, 5) is 0. The zero-order valence-corrected chi connectivity index (χ0v) is 12.8. The average molecular weight is 317 g/mol. The van der Waals surface area contributed by atoms with E-state index < -0.39 is 27.4 Å². The van der Waals surface area contributed by atoms with E-state index in [1.165, 1.54) is 0 Å². The molecule has 0 aromatic carbocycles. The molecule has 0 aromatic rings. The van der Waals surface area contributed by atoms with Crippen LogP contribution >= 0.6 is 8.60 Å². The molecule has 1 aliphatic heterocycles. The minimum absolute atomic E-state index is 0.215. The smallest absolute Gasteiger partial charge is 0.333 e. The van der Waals surface area contributed by atoms with Crippen LogP contribution in [0.5, 0.6) is 0 Å². The van der Waals surface area contributed by atoms with Crippen molar-refractivity contribution in [1.29, 1.82) is 5.26 Å². The predicted octanol–water partition coefficient (Wildman–Crippen LogP) is 2.46. The van der Waals surface area contributed by atoms with Gasteiger partial charge in [-0.15, -0.1) is 0 Å². The highest BCUT2D eigenvalue weighted by atomic mass is 31.2. The summed E-state index contributed by atoms with van der Waals surface area (Å²) in [7, 11) is -1.64. The van der Waals surface area contributed by atoms with E-state index in [-0.39, 0.29) is 19.6 Å². The van der Waals surface area contributed by atoms with Gasteiger partial charge in [-0.25, -0.2) is 0 Å². The van der Waals surface area contributed by atoms with Crippen LogP contribution in [0, 0.1) is 11.3 Å². The number of aliphatic hydroxyl groups excluding tert-OH is 1. The highest BCUT2D eigenvalue weighted by molar-refractivity contribution is 7.41. The van der Waals surface area contributed by atoms with Crippen LogP contribution in [0.4, 0.5) is 0 Å². The van der Waals surface area contributed by atoms with Crippen LogP contribution in [0.25, 0.3) is 0 Å². The van der Waals surface area contributed by atoms with Crippen molar-refractivity contribution in [2.75, 3.05) is 26.4 Å². The van der Waals surface area contributed by atoms with Crippen molar-refractivity contribution in [3.8, 4) is 6.07 Å². The summed E-state index contributed by atoms with van der Waals surface area (Å²) in [5.41, 5.74) is 0. The minimum Gasteiger partial charge on any atom is -0.394 e. The fraction of sp³-hybridized carbons (Fsp3) is 0.643. The first kappa shape index (κ1) is 16.6. The van der Waals surface area contributed by atoms with E-state index in [1.807, 2.05) is 18.2 Å². The summed E-state index contributed by atoms with van der Waals surface area (Å²) in [6, 6.07) is 1.99. The summed E-state index contributed by atoms with van der Waals surface area (Å²) in [5, 5.41) is 17.8. The van der Waals surface area contributed by atoms with Crippen LogP contribution in [0.1, 0.15) is 20.6 Å². The van der Waals surface area contributed by atoms with E-state index in [0.717, 1.165) is 0 Å². The van der Waals surface area contributed by atoms with Crippen LogP contribution in [-0.4, -0.2) is 43.7 Å². The van der Waals surface area contributed by atoms with Gasteiger partial charge < -0.3 is 23.4 Å². The molecule has 0 bridgehead atoms. The normalized spacial score (nSPS) is 27.4. The van der Waals surface area contributed by atoms with E-state index in [2.05, 4.69) is 6.58 Å². The Hall–Kier alpha value is -0.800. The zero-order valence-electron chi connectivity index (χ0n) is 12.9. The molecule has 1 heterocycles. The quantitative estimate of drug-likeness (QED) is 0.358. The van der Waals surface area contributed by atoms with Gasteiger partial charge in [0.05, 0.1) is 39.8 Å². The number of nitrogens with zero attached hydrogens (tertiary/aromatic N) is 1. The fourth-order valence-corrected chi connectivity index (χ4v) is 2.68. The Morgan fingerprint density at radius 1 is 1.52 bits per heavy atom. The Kier molecular flexibility index (Phi) is 9.32. The van der Waals surface area contributed by atoms with Gasteiger partial charge in [0.25, 0.3) is 0 Å². The molecule has 21 heavy (non-hydrogen) atoms. The highest BCUT2D eigenvalue weighted by Crippen LogP contribution is 2.43.